The smallest absolute Gasteiger partial charge is 0.326 e. The van der Waals surface area contributed by atoms with Crippen LogP contribution in [-0.2, 0) is 22.4 Å². The molecule has 1 amide bonds. The van der Waals surface area contributed by atoms with E-state index in [-0.39, 0.29) is 29.7 Å². The first kappa shape index (κ1) is 24.4. The van der Waals surface area contributed by atoms with Crippen LogP contribution in [0.5, 0.6) is 0 Å². The minimum atomic E-state index is -1.18. The van der Waals surface area contributed by atoms with Gasteiger partial charge in [0.05, 0.1) is 16.7 Å². The maximum atomic E-state index is 13.6. The van der Waals surface area contributed by atoms with Gasteiger partial charge in [0.25, 0.3) is 5.91 Å². The quantitative estimate of drug-likeness (QED) is 0.461. The number of anilines is 1. The van der Waals surface area contributed by atoms with Gasteiger partial charge >= 0.3 is 5.97 Å². The van der Waals surface area contributed by atoms with Gasteiger partial charge < -0.3 is 20.5 Å². The molecule has 0 bridgehead atoms. The second-order valence-corrected chi connectivity index (χ2v) is 9.34. The highest BCUT2D eigenvalue weighted by atomic mass is 35.5. The van der Waals surface area contributed by atoms with E-state index in [2.05, 4.69) is 22.8 Å². The number of carboxylic acids is 1. The summed E-state index contributed by atoms with van der Waals surface area (Å²) in [6.07, 6.45) is 6.31. The fourth-order valence-corrected chi connectivity index (χ4v) is 4.64. The van der Waals surface area contributed by atoms with E-state index >= 15 is 0 Å². The molecule has 0 radical (unpaired) electrons. The molecular weight excluding hydrogens is 461 g/mol. The molecule has 1 aromatic heterocycles. The Bertz CT molecular complexity index is 1040. The number of hydrogen-bond donors (Lipinski definition) is 3. The number of hydrogen-bond acceptors (Lipinski definition) is 5. The molecule has 0 saturated heterocycles. The highest BCUT2D eigenvalue weighted by Gasteiger charge is 2.30. The van der Waals surface area contributed by atoms with E-state index in [1.807, 2.05) is 0 Å². The van der Waals surface area contributed by atoms with Gasteiger partial charge in [-0.1, -0.05) is 23.7 Å². The minimum absolute atomic E-state index is 0.0973. The molecule has 0 unspecified atom stereocenters. The number of nitrogens with zero attached hydrogens (tertiary/aromatic N) is 1. The summed E-state index contributed by atoms with van der Waals surface area (Å²) in [6, 6.07) is 6.98. The third-order valence-electron chi connectivity index (χ3n) is 6.51. The number of carbonyl (C=O) groups is 2. The van der Waals surface area contributed by atoms with Crippen molar-refractivity contribution in [1.29, 1.82) is 0 Å². The maximum Gasteiger partial charge on any atom is 0.326 e. The fraction of sp³-hybridized carbons (Fsp3) is 0.480. The van der Waals surface area contributed by atoms with Gasteiger partial charge in [-0.3, -0.25) is 4.79 Å². The number of fused-ring (bicyclic) bond motifs is 1. The third kappa shape index (κ3) is 6.04. The summed E-state index contributed by atoms with van der Waals surface area (Å²) < 4.78 is 19.4. The van der Waals surface area contributed by atoms with Crippen molar-refractivity contribution in [3.05, 3.63) is 58.0 Å². The van der Waals surface area contributed by atoms with Crippen molar-refractivity contribution in [2.24, 2.45) is 5.92 Å². The molecule has 2 heterocycles. The van der Waals surface area contributed by atoms with Crippen LogP contribution < -0.4 is 10.6 Å². The van der Waals surface area contributed by atoms with Crippen molar-refractivity contribution in [1.82, 2.24) is 10.3 Å². The SMILES string of the molecule is O=C(N[C@@H](CCO[C@H]1C[C@@H](CCc2ccc3c(n2)NCCC3)C1)C(=O)O)c1cccc(F)c1Cl. The van der Waals surface area contributed by atoms with Crippen LogP contribution in [0.4, 0.5) is 10.2 Å². The molecule has 9 heteroatoms. The number of aromatic nitrogens is 1. The molecule has 0 spiro atoms. The molecule has 2 aromatic rings. The summed E-state index contributed by atoms with van der Waals surface area (Å²) in [5, 5.41) is 14.9. The summed E-state index contributed by atoms with van der Waals surface area (Å²) in [5.41, 5.74) is 2.30. The van der Waals surface area contributed by atoms with Crippen molar-refractivity contribution in [3.63, 3.8) is 0 Å². The Morgan fingerprint density at radius 3 is 2.91 bits per heavy atom. The van der Waals surface area contributed by atoms with Crippen molar-refractivity contribution in [2.75, 3.05) is 18.5 Å². The molecule has 34 heavy (non-hydrogen) atoms. The van der Waals surface area contributed by atoms with Gasteiger partial charge in [-0.05, 0) is 68.2 Å². The predicted octanol–water partition coefficient (Wildman–Crippen LogP) is 4.23. The number of nitrogens with one attached hydrogen (secondary N) is 2. The van der Waals surface area contributed by atoms with Crippen molar-refractivity contribution >= 4 is 29.3 Å². The van der Waals surface area contributed by atoms with Crippen LogP contribution in [0.3, 0.4) is 0 Å². The molecule has 1 aromatic carbocycles. The molecular formula is C25H29ClFN3O4. The first-order valence-corrected chi connectivity index (χ1v) is 12.1. The van der Waals surface area contributed by atoms with Crippen molar-refractivity contribution < 1.29 is 23.8 Å². The van der Waals surface area contributed by atoms with E-state index in [1.165, 1.54) is 17.7 Å². The molecule has 2 aliphatic rings. The van der Waals surface area contributed by atoms with Gasteiger partial charge in [0.1, 0.15) is 17.7 Å². The molecule has 1 aliphatic heterocycles. The van der Waals surface area contributed by atoms with Crippen LogP contribution in [0, 0.1) is 11.7 Å². The molecule has 1 saturated carbocycles. The summed E-state index contributed by atoms with van der Waals surface area (Å²) >= 11 is 5.82. The summed E-state index contributed by atoms with van der Waals surface area (Å²) in [6.45, 7) is 1.19. The number of aliphatic carboxylic acids is 1. The van der Waals surface area contributed by atoms with E-state index in [9.17, 15) is 19.1 Å². The number of carbonyl (C=O) groups excluding carboxylic acids is 1. The van der Waals surface area contributed by atoms with Crippen LogP contribution in [0.1, 0.15) is 53.7 Å². The molecule has 4 rings (SSSR count). The van der Waals surface area contributed by atoms with Crippen LogP contribution in [-0.4, -0.2) is 47.3 Å². The Balaban J connectivity index is 1.16. The normalized spacial score (nSPS) is 19.9. The Morgan fingerprint density at radius 2 is 2.12 bits per heavy atom. The van der Waals surface area contributed by atoms with E-state index in [0.29, 0.717) is 5.92 Å². The monoisotopic (exact) mass is 489 g/mol. The highest BCUT2D eigenvalue weighted by molar-refractivity contribution is 6.34. The maximum absolute atomic E-state index is 13.6. The number of carboxylic acid groups (broad SMARTS) is 1. The van der Waals surface area contributed by atoms with E-state index in [4.69, 9.17) is 21.3 Å². The molecule has 3 N–H and O–H groups in total. The van der Waals surface area contributed by atoms with Crippen molar-refractivity contribution in [2.45, 2.75) is 57.1 Å². The lowest BCUT2D eigenvalue weighted by molar-refractivity contribution is -0.140. The van der Waals surface area contributed by atoms with Gasteiger partial charge in [-0.25, -0.2) is 14.2 Å². The zero-order valence-corrected chi connectivity index (χ0v) is 19.6. The van der Waals surface area contributed by atoms with Gasteiger partial charge in [0.15, 0.2) is 0 Å². The molecule has 1 atom stereocenters. The third-order valence-corrected chi connectivity index (χ3v) is 6.90. The highest BCUT2D eigenvalue weighted by Crippen LogP contribution is 2.34. The molecule has 182 valence electrons. The van der Waals surface area contributed by atoms with Crippen LogP contribution >= 0.6 is 11.6 Å². The van der Waals surface area contributed by atoms with Crippen LogP contribution in [0.25, 0.3) is 0 Å². The standard InChI is InChI=1S/C25H29ClFN3O4/c26-22-19(4-1-5-20(22)27)24(31)30-21(25(32)33)10-12-34-18-13-15(14-18)6-8-17-9-7-16-3-2-11-28-23(16)29-17/h1,4-5,7,9,15,18,21H,2-3,6,8,10-14H2,(H,28,29)(H,30,31)(H,32,33)/t15-,18+,21-/m0/s1. The number of ether oxygens (including phenoxy) is 1. The van der Waals surface area contributed by atoms with Gasteiger partial charge in [0.2, 0.25) is 0 Å². The minimum Gasteiger partial charge on any atom is -0.480 e. The zero-order chi connectivity index (χ0) is 24.1. The van der Waals surface area contributed by atoms with Crippen LogP contribution in [0.15, 0.2) is 30.3 Å². The average Bonchev–Trinajstić information content (AvgIpc) is 2.80. The number of halogens is 2. The lowest BCUT2D eigenvalue weighted by Gasteiger charge is -2.35. The van der Waals surface area contributed by atoms with Gasteiger partial charge in [-0.15, -0.1) is 0 Å². The van der Waals surface area contributed by atoms with Gasteiger partial charge in [-0.2, -0.15) is 0 Å². The van der Waals surface area contributed by atoms with Gasteiger partial charge in [0, 0.05) is 25.3 Å². The van der Waals surface area contributed by atoms with E-state index in [1.54, 1.807) is 0 Å². The topological polar surface area (TPSA) is 101 Å². The first-order chi connectivity index (χ1) is 16.4. The number of rotatable bonds is 10. The first-order valence-electron chi connectivity index (χ1n) is 11.7. The number of amides is 1. The summed E-state index contributed by atoms with van der Waals surface area (Å²) in [5.74, 6) is -1.04. The second-order valence-electron chi connectivity index (χ2n) is 8.96. The fourth-order valence-electron chi connectivity index (χ4n) is 4.43. The molecule has 1 fully saturated rings. The Labute approximate surface area is 203 Å². The second kappa shape index (κ2) is 11.1. The molecule has 7 nitrogen and oxygen atoms in total. The summed E-state index contributed by atoms with van der Waals surface area (Å²) in [4.78, 5) is 28.6. The Morgan fingerprint density at radius 1 is 1.29 bits per heavy atom. The predicted molar refractivity (Wildman–Crippen MR) is 127 cm³/mol. The van der Waals surface area contributed by atoms with E-state index in [0.717, 1.165) is 62.6 Å². The lowest BCUT2D eigenvalue weighted by Crippen LogP contribution is -2.42. The number of aryl methyl sites for hydroxylation is 2. The number of benzene rings is 1. The van der Waals surface area contributed by atoms with Crippen molar-refractivity contribution in [3.8, 4) is 0 Å². The Kier molecular flexibility index (Phi) is 8.00. The lowest BCUT2D eigenvalue weighted by atomic mass is 9.79. The zero-order valence-electron chi connectivity index (χ0n) is 18.9. The van der Waals surface area contributed by atoms with E-state index < -0.39 is 23.7 Å². The summed E-state index contributed by atoms with van der Waals surface area (Å²) in [7, 11) is 0. The average molecular weight is 490 g/mol. The Hall–Kier alpha value is -2.71. The molecule has 1 aliphatic carbocycles. The largest absolute Gasteiger partial charge is 0.480 e. The van der Waals surface area contributed by atoms with Crippen LogP contribution in [0.2, 0.25) is 5.02 Å². The number of pyridine rings is 1.